The summed E-state index contributed by atoms with van der Waals surface area (Å²) in [7, 11) is 0. The molecule has 4 nitrogen and oxygen atoms in total. The van der Waals surface area contributed by atoms with E-state index >= 15 is 4.39 Å². The number of nitrogens with one attached hydrogen (secondary N) is 1. The third-order valence-corrected chi connectivity index (χ3v) is 9.60. The van der Waals surface area contributed by atoms with Crippen LogP contribution in [0.4, 0.5) is 4.39 Å². The van der Waals surface area contributed by atoms with Crippen molar-refractivity contribution in [1.29, 1.82) is 0 Å². The van der Waals surface area contributed by atoms with Gasteiger partial charge in [0.1, 0.15) is 11.6 Å². The number of hydrogen-bond donors (Lipinski definition) is 1. The highest BCUT2D eigenvalue weighted by Crippen LogP contribution is 2.45. The van der Waals surface area contributed by atoms with Crippen molar-refractivity contribution in [3.05, 3.63) is 98.8 Å². The number of nitrogens with zero attached hydrogens (tertiary/aromatic N) is 1. The number of benzene rings is 3. The molecule has 1 aliphatic heterocycles. The number of piperidine rings is 1. The van der Waals surface area contributed by atoms with Crippen LogP contribution in [0.15, 0.2) is 60.7 Å². The molecule has 6 rings (SSSR count). The number of rotatable bonds is 10. The first kappa shape index (κ1) is 27.9. The van der Waals surface area contributed by atoms with E-state index in [4.69, 9.17) is 27.9 Å². The summed E-state index contributed by atoms with van der Waals surface area (Å²) in [6, 6.07) is 19.3. The highest BCUT2D eigenvalue weighted by molar-refractivity contribution is 7.98. The molecule has 8 heteroatoms. The SMILES string of the molecule is O=C(NSC1CC1)c1cc(C2CC2)c(OCC2CCN(C(c3cccc(Cl)c3)c3cccc(Cl)c3)CC2)cc1F. The maximum atomic E-state index is 15.0. The topological polar surface area (TPSA) is 41.6 Å². The maximum Gasteiger partial charge on any atom is 0.264 e. The fourth-order valence-electron chi connectivity index (χ4n) is 5.51. The standard InChI is InChI=1S/C32H33Cl2FN2O2S/c33-24-5-1-3-22(15-24)31(23-4-2-6-25(34)16-23)37-13-11-20(12-14-37)19-39-30-18-29(35)28(17-27(30)21-7-8-21)32(38)36-40-26-9-10-26/h1-6,15-18,20-21,26,31H,7-14,19H2,(H,36,38). The second kappa shape index (κ2) is 12.3. The van der Waals surface area contributed by atoms with Crippen LogP contribution >= 0.6 is 35.1 Å². The molecule has 0 unspecified atom stereocenters. The van der Waals surface area contributed by atoms with E-state index in [1.165, 1.54) is 18.0 Å². The Labute approximate surface area is 249 Å². The zero-order valence-corrected chi connectivity index (χ0v) is 24.6. The Morgan fingerprint density at radius 1 is 0.950 bits per heavy atom. The summed E-state index contributed by atoms with van der Waals surface area (Å²) in [5, 5.41) is 1.91. The predicted molar refractivity (Wildman–Crippen MR) is 161 cm³/mol. The second-order valence-electron chi connectivity index (χ2n) is 11.2. The molecule has 3 aliphatic rings. The summed E-state index contributed by atoms with van der Waals surface area (Å²) >= 11 is 14.1. The maximum absolute atomic E-state index is 15.0. The molecule has 1 amide bonds. The second-order valence-corrected chi connectivity index (χ2v) is 13.2. The Kier molecular flexibility index (Phi) is 8.59. The van der Waals surface area contributed by atoms with Crippen molar-refractivity contribution < 1.29 is 13.9 Å². The van der Waals surface area contributed by atoms with Gasteiger partial charge in [-0.05, 0) is 122 Å². The van der Waals surface area contributed by atoms with Crippen molar-refractivity contribution in [2.24, 2.45) is 5.92 Å². The Balaban J connectivity index is 1.11. The molecule has 3 fully saturated rings. The van der Waals surface area contributed by atoms with Gasteiger partial charge >= 0.3 is 0 Å². The molecule has 2 saturated carbocycles. The number of hydrogen-bond acceptors (Lipinski definition) is 4. The first-order valence-electron chi connectivity index (χ1n) is 14.1. The third-order valence-electron chi connectivity index (χ3n) is 8.02. The van der Waals surface area contributed by atoms with Crippen LogP contribution < -0.4 is 9.46 Å². The Hall–Kier alpha value is -2.25. The van der Waals surface area contributed by atoms with E-state index in [1.807, 2.05) is 36.4 Å². The van der Waals surface area contributed by atoms with Crippen LogP contribution in [0.3, 0.4) is 0 Å². The lowest BCUT2D eigenvalue weighted by Gasteiger charge is -2.38. The summed E-state index contributed by atoms with van der Waals surface area (Å²) in [4.78, 5) is 15.1. The molecule has 1 saturated heterocycles. The van der Waals surface area contributed by atoms with Gasteiger partial charge in [0, 0.05) is 21.4 Å². The number of ether oxygens (including phenoxy) is 1. The Morgan fingerprint density at radius 2 is 1.60 bits per heavy atom. The summed E-state index contributed by atoms with van der Waals surface area (Å²) in [6.07, 6.45) is 6.25. The number of carbonyl (C=O) groups is 1. The van der Waals surface area contributed by atoms with E-state index in [0.29, 0.717) is 29.4 Å². The van der Waals surface area contributed by atoms with Gasteiger partial charge in [-0.1, -0.05) is 47.5 Å². The largest absolute Gasteiger partial charge is 0.493 e. The molecular formula is C32H33Cl2FN2O2S. The van der Waals surface area contributed by atoms with E-state index in [9.17, 15) is 4.79 Å². The van der Waals surface area contributed by atoms with Crippen molar-refractivity contribution in [3.8, 4) is 5.75 Å². The molecule has 40 heavy (non-hydrogen) atoms. The zero-order chi connectivity index (χ0) is 27.6. The molecule has 0 atom stereocenters. The zero-order valence-electron chi connectivity index (χ0n) is 22.3. The fraction of sp³-hybridized carbons (Fsp3) is 0.406. The molecule has 0 spiro atoms. The van der Waals surface area contributed by atoms with Crippen LogP contribution in [0.25, 0.3) is 0 Å². The minimum Gasteiger partial charge on any atom is -0.493 e. The molecule has 0 aromatic heterocycles. The van der Waals surface area contributed by atoms with Crippen molar-refractivity contribution >= 4 is 41.1 Å². The molecule has 1 N–H and O–H groups in total. The van der Waals surface area contributed by atoms with Crippen molar-refractivity contribution in [1.82, 2.24) is 9.62 Å². The lowest BCUT2D eigenvalue weighted by Crippen LogP contribution is -2.38. The smallest absolute Gasteiger partial charge is 0.264 e. The highest BCUT2D eigenvalue weighted by Gasteiger charge is 2.32. The van der Waals surface area contributed by atoms with Gasteiger partial charge in [-0.25, -0.2) is 4.39 Å². The van der Waals surface area contributed by atoms with Gasteiger partial charge in [0.15, 0.2) is 0 Å². The summed E-state index contributed by atoms with van der Waals surface area (Å²) in [5.74, 6) is 0.419. The van der Waals surface area contributed by atoms with Gasteiger partial charge in [0.05, 0.1) is 18.2 Å². The molecule has 3 aromatic carbocycles. The molecule has 3 aromatic rings. The van der Waals surface area contributed by atoms with Gasteiger partial charge in [-0.3, -0.25) is 14.4 Å². The number of halogens is 3. The number of amides is 1. The molecule has 2 aliphatic carbocycles. The van der Waals surface area contributed by atoms with Crippen molar-refractivity contribution in [2.45, 2.75) is 55.7 Å². The van der Waals surface area contributed by atoms with Gasteiger partial charge in [-0.15, -0.1) is 0 Å². The quantitative estimate of drug-likeness (QED) is 0.238. The lowest BCUT2D eigenvalue weighted by molar-refractivity contribution is 0.0980. The fourth-order valence-corrected chi connectivity index (χ4v) is 6.67. The minimum atomic E-state index is -0.519. The molecule has 1 heterocycles. The average molecular weight is 600 g/mol. The van der Waals surface area contributed by atoms with E-state index in [2.05, 4.69) is 21.8 Å². The van der Waals surface area contributed by atoms with Crippen LogP contribution in [0.1, 0.15) is 77.5 Å². The van der Waals surface area contributed by atoms with Gasteiger partial charge in [-0.2, -0.15) is 0 Å². The lowest BCUT2D eigenvalue weighted by atomic mass is 9.91. The van der Waals surface area contributed by atoms with E-state index in [1.54, 1.807) is 6.07 Å². The highest BCUT2D eigenvalue weighted by atomic mass is 35.5. The van der Waals surface area contributed by atoms with Crippen LogP contribution in [-0.2, 0) is 0 Å². The van der Waals surface area contributed by atoms with Gasteiger partial charge in [0.2, 0.25) is 0 Å². The van der Waals surface area contributed by atoms with Crippen LogP contribution in [0.2, 0.25) is 10.0 Å². The van der Waals surface area contributed by atoms with Crippen molar-refractivity contribution in [3.63, 3.8) is 0 Å². The molecular weight excluding hydrogens is 566 g/mol. The predicted octanol–water partition coefficient (Wildman–Crippen LogP) is 8.43. The number of likely N-dealkylation sites (tertiary alicyclic amines) is 1. The molecule has 0 bridgehead atoms. The van der Waals surface area contributed by atoms with Gasteiger partial charge < -0.3 is 4.74 Å². The van der Waals surface area contributed by atoms with E-state index in [0.717, 1.165) is 78.4 Å². The third kappa shape index (κ3) is 6.79. The number of carbonyl (C=O) groups excluding carboxylic acids is 1. The van der Waals surface area contributed by atoms with E-state index in [-0.39, 0.29) is 17.5 Å². The molecule has 210 valence electrons. The molecule has 0 radical (unpaired) electrons. The van der Waals surface area contributed by atoms with Crippen LogP contribution in [0, 0.1) is 11.7 Å². The summed E-state index contributed by atoms with van der Waals surface area (Å²) in [6.45, 7) is 2.34. The Bertz CT molecular complexity index is 1330. The van der Waals surface area contributed by atoms with Crippen LogP contribution in [0.5, 0.6) is 5.75 Å². The normalized spacial score (nSPS) is 18.2. The summed E-state index contributed by atoms with van der Waals surface area (Å²) < 4.78 is 24.1. The monoisotopic (exact) mass is 598 g/mol. The van der Waals surface area contributed by atoms with Crippen LogP contribution in [-0.4, -0.2) is 35.8 Å². The average Bonchev–Trinajstić information content (AvgIpc) is 3.87. The summed E-state index contributed by atoms with van der Waals surface area (Å²) in [5.41, 5.74) is 3.37. The first-order valence-corrected chi connectivity index (χ1v) is 15.8. The Morgan fingerprint density at radius 3 is 2.17 bits per heavy atom. The minimum absolute atomic E-state index is 0.0617. The van der Waals surface area contributed by atoms with Crippen molar-refractivity contribution in [2.75, 3.05) is 19.7 Å². The first-order chi connectivity index (χ1) is 19.4. The van der Waals surface area contributed by atoms with E-state index < -0.39 is 5.82 Å². The van der Waals surface area contributed by atoms with Gasteiger partial charge in [0.25, 0.3) is 5.91 Å².